The van der Waals surface area contributed by atoms with E-state index in [0.717, 1.165) is 21.6 Å². The maximum absolute atomic E-state index is 13.1. The number of halogens is 2. The number of imide groups is 2. The molecule has 3 aromatic carbocycles. The van der Waals surface area contributed by atoms with Crippen molar-refractivity contribution in [3.05, 3.63) is 98.0 Å². The van der Waals surface area contributed by atoms with Crippen molar-refractivity contribution in [2.45, 2.75) is 20.5 Å². The van der Waals surface area contributed by atoms with Crippen LogP contribution in [0.1, 0.15) is 22.3 Å². The number of anilines is 1. The number of urea groups is 1. The molecule has 0 atom stereocenters. The first-order chi connectivity index (χ1) is 16.2. The molecule has 172 valence electrons. The van der Waals surface area contributed by atoms with E-state index < -0.39 is 17.8 Å². The molecule has 1 fully saturated rings. The van der Waals surface area contributed by atoms with Crippen LogP contribution in [0.5, 0.6) is 5.75 Å². The third-order valence-corrected chi connectivity index (χ3v) is 6.30. The van der Waals surface area contributed by atoms with E-state index in [2.05, 4.69) is 21.2 Å². The van der Waals surface area contributed by atoms with E-state index in [1.165, 1.54) is 6.08 Å². The molecular weight excluding hydrogens is 520 g/mol. The standard InChI is InChI=1S/C26H20BrClN2O4/c1-15-3-9-20(11-16(15)2)30-25(32)21(24(31)29-26(30)33)12-18-6-10-23(22(27)13-18)34-14-17-4-7-19(28)8-5-17/h3-13H,14H2,1-2H3,(H,29,31,33)/b21-12+. The number of hydrogen-bond donors (Lipinski definition) is 1. The number of benzene rings is 3. The van der Waals surface area contributed by atoms with Gasteiger partial charge in [-0.3, -0.25) is 14.9 Å². The molecule has 0 unspecified atom stereocenters. The van der Waals surface area contributed by atoms with Crippen molar-refractivity contribution in [3.8, 4) is 5.75 Å². The number of nitrogens with zero attached hydrogens (tertiary/aromatic N) is 1. The van der Waals surface area contributed by atoms with E-state index >= 15 is 0 Å². The summed E-state index contributed by atoms with van der Waals surface area (Å²) in [4.78, 5) is 39.0. The molecule has 4 amide bonds. The predicted octanol–water partition coefficient (Wildman–Crippen LogP) is 5.96. The highest BCUT2D eigenvalue weighted by Gasteiger charge is 2.36. The number of ether oxygens (including phenoxy) is 1. The molecule has 3 aromatic rings. The summed E-state index contributed by atoms with van der Waals surface area (Å²) in [6.07, 6.45) is 1.45. The quantitative estimate of drug-likeness (QED) is 0.320. The lowest BCUT2D eigenvalue weighted by Crippen LogP contribution is -2.54. The van der Waals surface area contributed by atoms with Crippen molar-refractivity contribution >= 4 is 57.1 Å². The topological polar surface area (TPSA) is 75.7 Å². The van der Waals surface area contributed by atoms with Crippen LogP contribution in [-0.2, 0) is 16.2 Å². The highest BCUT2D eigenvalue weighted by Crippen LogP contribution is 2.29. The third-order valence-electron chi connectivity index (χ3n) is 5.42. The van der Waals surface area contributed by atoms with Crippen LogP contribution in [0, 0.1) is 13.8 Å². The van der Waals surface area contributed by atoms with Crippen molar-refractivity contribution in [1.29, 1.82) is 0 Å². The monoisotopic (exact) mass is 538 g/mol. The average Bonchev–Trinajstić information content (AvgIpc) is 2.79. The Bertz CT molecular complexity index is 1340. The smallest absolute Gasteiger partial charge is 0.335 e. The Balaban J connectivity index is 1.56. The van der Waals surface area contributed by atoms with Gasteiger partial charge < -0.3 is 4.74 Å². The summed E-state index contributed by atoms with van der Waals surface area (Å²) in [7, 11) is 0. The zero-order valence-corrected chi connectivity index (χ0v) is 20.7. The summed E-state index contributed by atoms with van der Waals surface area (Å²) in [5.74, 6) is -0.825. The van der Waals surface area contributed by atoms with E-state index in [1.54, 1.807) is 42.5 Å². The van der Waals surface area contributed by atoms with Gasteiger partial charge in [0.15, 0.2) is 0 Å². The van der Waals surface area contributed by atoms with Gasteiger partial charge in [-0.15, -0.1) is 0 Å². The Morgan fingerprint density at radius 1 is 0.971 bits per heavy atom. The van der Waals surface area contributed by atoms with Crippen LogP contribution in [-0.4, -0.2) is 17.8 Å². The van der Waals surface area contributed by atoms with Gasteiger partial charge in [0, 0.05) is 5.02 Å². The summed E-state index contributed by atoms with van der Waals surface area (Å²) in [5, 5.41) is 2.90. The molecule has 6 nitrogen and oxygen atoms in total. The number of carbonyl (C=O) groups excluding carboxylic acids is 3. The summed E-state index contributed by atoms with van der Waals surface area (Å²) < 4.78 is 6.50. The highest BCUT2D eigenvalue weighted by atomic mass is 79.9. The van der Waals surface area contributed by atoms with Gasteiger partial charge in [0.2, 0.25) is 0 Å². The molecule has 0 aromatic heterocycles. The molecule has 0 spiro atoms. The Morgan fingerprint density at radius 2 is 1.71 bits per heavy atom. The molecule has 0 aliphatic carbocycles. The lowest BCUT2D eigenvalue weighted by Gasteiger charge is -2.26. The fourth-order valence-corrected chi connectivity index (χ4v) is 4.03. The van der Waals surface area contributed by atoms with Crippen LogP contribution in [0.2, 0.25) is 5.02 Å². The second kappa shape index (κ2) is 9.83. The molecule has 1 saturated heterocycles. The Hall–Kier alpha value is -3.42. The minimum absolute atomic E-state index is 0.139. The number of nitrogens with one attached hydrogen (secondary N) is 1. The lowest BCUT2D eigenvalue weighted by atomic mass is 10.1. The van der Waals surface area contributed by atoms with Crippen LogP contribution in [0.3, 0.4) is 0 Å². The third kappa shape index (κ3) is 5.05. The molecule has 0 bridgehead atoms. The summed E-state index contributed by atoms with van der Waals surface area (Å²) in [6.45, 7) is 4.18. The number of rotatable bonds is 5. The van der Waals surface area contributed by atoms with Gasteiger partial charge in [-0.1, -0.05) is 35.9 Å². The minimum atomic E-state index is -0.775. The van der Waals surface area contributed by atoms with Crippen LogP contribution in [0.25, 0.3) is 6.08 Å². The zero-order chi connectivity index (χ0) is 24.4. The molecule has 0 saturated carbocycles. The van der Waals surface area contributed by atoms with Crippen LogP contribution < -0.4 is 15.0 Å². The summed E-state index contributed by atoms with van der Waals surface area (Å²) >= 11 is 9.38. The van der Waals surface area contributed by atoms with Gasteiger partial charge in [0.1, 0.15) is 17.9 Å². The summed E-state index contributed by atoms with van der Waals surface area (Å²) in [6, 6.07) is 17.0. The van der Waals surface area contributed by atoms with Gasteiger partial charge in [-0.05, 0) is 94.5 Å². The maximum Gasteiger partial charge on any atom is 0.335 e. The second-order valence-corrected chi connectivity index (χ2v) is 9.12. The number of hydrogen-bond acceptors (Lipinski definition) is 4. The molecule has 1 N–H and O–H groups in total. The van der Waals surface area contributed by atoms with Crippen molar-refractivity contribution in [2.24, 2.45) is 0 Å². The normalized spacial score (nSPS) is 15.0. The van der Waals surface area contributed by atoms with Crippen LogP contribution >= 0.6 is 27.5 Å². The van der Waals surface area contributed by atoms with Gasteiger partial charge in [0.25, 0.3) is 11.8 Å². The fourth-order valence-electron chi connectivity index (χ4n) is 3.39. The average molecular weight is 540 g/mol. The Labute approximate surface area is 210 Å². The first-order valence-electron chi connectivity index (χ1n) is 10.4. The minimum Gasteiger partial charge on any atom is -0.488 e. The lowest BCUT2D eigenvalue weighted by molar-refractivity contribution is -0.122. The van der Waals surface area contributed by atoms with E-state index in [-0.39, 0.29) is 5.57 Å². The second-order valence-electron chi connectivity index (χ2n) is 7.83. The Kier molecular flexibility index (Phi) is 6.86. The molecule has 8 heteroatoms. The van der Waals surface area contributed by atoms with Gasteiger partial charge in [-0.2, -0.15) is 0 Å². The maximum atomic E-state index is 13.1. The van der Waals surface area contributed by atoms with Crippen molar-refractivity contribution in [3.63, 3.8) is 0 Å². The fraction of sp³-hybridized carbons (Fsp3) is 0.115. The largest absolute Gasteiger partial charge is 0.488 e. The first-order valence-corrected chi connectivity index (χ1v) is 11.6. The SMILES string of the molecule is Cc1ccc(N2C(=O)NC(=O)/C(=C\c3ccc(OCc4ccc(Cl)cc4)c(Br)c3)C2=O)cc1C. The highest BCUT2D eigenvalue weighted by molar-refractivity contribution is 9.10. The molecule has 1 aliphatic heterocycles. The van der Waals surface area contributed by atoms with Gasteiger partial charge >= 0.3 is 6.03 Å². The molecule has 1 aliphatic rings. The number of aryl methyl sites for hydroxylation is 2. The molecule has 34 heavy (non-hydrogen) atoms. The number of barbiturate groups is 1. The zero-order valence-electron chi connectivity index (χ0n) is 18.4. The van der Waals surface area contributed by atoms with Crippen molar-refractivity contribution < 1.29 is 19.1 Å². The molecule has 1 heterocycles. The molecule has 0 radical (unpaired) electrons. The van der Waals surface area contributed by atoms with Crippen molar-refractivity contribution in [2.75, 3.05) is 4.90 Å². The summed E-state index contributed by atoms with van der Waals surface area (Å²) in [5.41, 5.74) is 3.78. The van der Waals surface area contributed by atoms with E-state index in [1.807, 2.05) is 32.0 Å². The van der Waals surface area contributed by atoms with E-state index in [9.17, 15) is 14.4 Å². The number of amides is 4. The Morgan fingerprint density at radius 3 is 2.38 bits per heavy atom. The van der Waals surface area contributed by atoms with Crippen molar-refractivity contribution in [1.82, 2.24) is 5.32 Å². The first kappa shape index (κ1) is 23.7. The van der Waals surface area contributed by atoms with E-state index in [0.29, 0.717) is 33.1 Å². The van der Waals surface area contributed by atoms with Gasteiger partial charge in [0.05, 0.1) is 10.2 Å². The molecular formula is C26H20BrClN2O4. The molecule has 4 rings (SSSR count). The van der Waals surface area contributed by atoms with Crippen LogP contribution in [0.15, 0.2) is 70.7 Å². The van der Waals surface area contributed by atoms with Gasteiger partial charge in [-0.25, -0.2) is 9.69 Å². The predicted molar refractivity (Wildman–Crippen MR) is 135 cm³/mol. The van der Waals surface area contributed by atoms with E-state index in [4.69, 9.17) is 16.3 Å². The number of carbonyl (C=O) groups is 3. The van der Waals surface area contributed by atoms with Crippen LogP contribution in [0.4, 0.5) is 10.5 Å².